The first kappa shape index (κ1) is 16.7. The number of unbranched alkanes of at least 4 members (excludes halogenated alkanes) is 1. The molecular formula is C12H25ClN2O2. The van der Waals surface area contributed by atoms with E-state index in [1.807, 2.05) is 0 Å². The third-order valence-corrected chi connectivity index (χ3v) is 3.01. The Balaban J connectivity index is 0.00000256. The van der Waals surface area contributed by atoms with Crippen molar-refractivity contribution < 1.29 is 9.53 Å². The number of amides is 1. The zero-order valence-electron chi connectivity index (χ0n) is 10.6. The highest BCUT2D eigenvalue weighted by Gasteiger charge is 2.23. The van der Waals surface area contributed by atoms with Crippen molar-refractivity contribution in [2.24, 2.45) is 5.73 Å². The quantitative estimate of drug-likeness (QED) is 0.766. The summed E-state index contributed by atoms with van der Waals surface area (Å²) in [6.45, 7) is 3.36. The van der Waals surface area contributed by atoms with E-state index in [1.165, 1.54) is 0 Å². The van der Waals surface area contributed by atoms with E-state index in [4.69, 9.17) is 10.5 Å². The molecule has 1 saturated heterocycles. The lowest BCUT2D eigenvalue weighted by molar-refractivity contribution is -0.136. The van der Waals surface area contributed by atoms with E-state index in [0.717, 1.165) is 38.5 Å². The lowest BCUT2D eigenvalue weighted by Gasteiger charge is -2.24. The van der Waals surface area contributed by atoms with E-state index in [-0.39, 0.29) is 30.5 Å². The highest BCUT2D eigenvalue weighted by molar-refractivity contribution is 5.85. The molecule has 5 heteroatoms. The van der Waals surface area contributed by atoms with Gasteiger partial charge in [-0.05, 0) is 25.7 Å². The molecule has 2 atom stereocenters. The number of nitrogens with two attached hydrogens (primary N) is 1. The molecule has 0 aliphatic carbocycles. The zero-order valence-corrected chi connectivity index (χ0v) is 11.4. The van der Waals surface area contributed by atoms with E-state index < -0.39 is 0 Å². The van der Waals surface area contributed by atoms with Crippen molar-refractivity contribution in [1.29, 1.82) is 0 Å². The molecule has 3 N–H and O–H groups in total. The van der Waals surface area contributed by atoms with Gasteiger partial charge in [0.15, 0.2) is 0 Å². The maximum Gasteiger partial charge on any atom is 0.249 e. The molecule has 1 rings (SSSR count). The smallest absolute Gasteiger partial charge is 0.249 e. The van der Waals surface area contributed by atoms with Gasteiger partial charge in [0, 0.05) is 19.2 Å². The molecule has 102 valence electrons. The van der Waals surface area contributed by atoms with E-state index in [9.17, 15) is 4.79 Å². The normalized spacial score (nSPS) is 21.4. The van der Waals surface area contributed by atoms with Gasteiger partial charge in [-0.15, -0.1) is 12.4 Å². The highest BCUT2D eigenvalue weighted by atomic mass is 35.5. The van der Waals surface area contributed by atoms with Crippen LogP contribution in [0, 0.1) is 0 Å². The SMILES string of the molecule is CCCCC(CN)NC(=O)C1CCCCO1.Cl. The Morgan fingerprint density at radius 1 is 1.53 bits per heavy atom. The van der Waals surface area contributed by atoms with Crippen molar-refractivity contribution in [1.82, 2.24) is 5.32 Å². The second-order valence-electron chi connectivity index (χ2n) is 4.44. The highest BCUT2D eigenvalue weighted by Crippen LogP contribution is 2.13. The Morgan fingerprint density at radius 2 is 2.29 bits per heavy atom. The Bertz CT molecular complexity index is 209. The average Bonchev–Trinajstić information content (AvgIpc) is 2.35. The van der Waals surface area contributed by atoms with Crippen LogP contribution in [0.2, 0.25) is 0 Å². The lowest BCUT2D eigenvalue weighted by Crippen LogP contribution is -2.46. The van der Waals surface area contributed by atoms with Gasteiger partial charge in [0.25, 0.3) is 0 Å². The van der Waals surface area contributed by atoms with Gasteiger partial charge in [-0.1, -0.05) is 19.8 Å². The molecule has 0 saturated carbocycles. The van der Waals surface area contributed by atoms with Gasteiger partial charge < -0.3 is 15.8 Å². The number of ether oxygens (including phenoxy) is 1. The third kappa shape index (κ3) is 6.24. The van der Waals surface area contributed by atoms with E-state index in [1.54, 1.807) is 0 Å². The van der Waals surface area contributed by atoms with Crippen LogP contribution >= 0.6 is 12.4 Å². The molecule has 2 unspecified atom stereocenters. The molecule has 1 fully saturated rings. The number of nitrogens with one attached hydrogen (secondary N) is 1. The van der Waals surface area contributed by atoms with Crippen LogP contribution in [0.1, 0.15) is 45.4 Å². The minimum Gasteiger partial charge on any atom is -0.368 e. The predicted molar refractivity (Wildman–Crippen MR) is 71.3 cm³/mol. The van der Waals surface area contributed by atoms with Crippen LogP contribution in [0.5, 0.6) is 0 Å². The molecule has 1 aliphatic rings. The molecule has 17 heavy (non-hydrogen) atoms. The minimum absolute atomic E-state index is 0. The Labute approximate surface area is 110 Å². The maximum absolute atomic E-state index is 11.8. The van der Waals surface area contributed by atoms with Gasteiger partial charge in [-0.25, -0.2) is 0 Å². The summed E-state index contributed by atoms with van der Waals surface area (Å²) in [7, 11) is 0. The first-order valence-corrected chi connectivity index (χ1v) is 6.40. The molecule has 0 aromatic heterocycles. The molecule has 0 spiro atoms. The predicted octanol–water partition coefficient (Wildman–Crippen LogP) is 1.61. The molecule has 1 heterocycles. The molecular weight excluding hydrogens is 240 g/mol. The minimum atomic E-state index is -0.246. The zero-order chi connectivity index (χ0) is 11.8. The van der Waals surface area contributed by atoms with Gasteiger partial charge >= 0.3 is 0 Å². The summed E-state index contributed by atoms with van der Waals surface area (Å²) in [4.78, 5) is 11.8. The van der Waals surface area contributed by atoms with Crippen LogP contribution in [0.15, 0.2) is 0 Å². The van der Waals surface area contributed by atoms with Gasteiger partial charge in [0.05, 0.1) is 0 Å². The lowest BCUT2D eigenvalue weighted by atomic mass is 10.1. The second kappa shape index (κ2) is 9.68. The van der Waals surface area contributed by atoms with Crippen LogP contribution in [-0.4, -0.2) is 31.2 Å². The van der Waals surface area contributed by atoms with Gasteiger partial charge in [-0.3, -0.25) is 4.79 Å². The number of rotatable bonds is 6. The molecule has 4 nitrogen and oxygen atoms in total. The van der Waals surface area contributed by atoms with Crippen LogP contribution in [0.3, 0.4) is 0 Å². The summed E-state index contributed by atoms with van der Waals surface area (Å²) >= 11 is 0. The van der Waals surface area contributed by atoms with E-state index >= 15 is 0 Å². The number of halogens is 1. The Morgan fingerprint density at radius 3 is 2.82 bits per heavy atom. The van der Waals surface area contributed by atoms with E-state index in [2.05, 4.69) is 12.2 Å². The summed E-state index contributed by atoms with van der Waals surface area (Å²) in [6.07, 6.45) is 5.95. The Hall–Kier alpha value is -0.320. The van der Waals surface area contributed by atoms with Gasteiger partial charge in [-0.2, -0.15) is 0 Å². The number of carbonyl (C=O) groups excluding carboxylic acids is 1. The summed E-state index contributed by atoms with van der Waals surface area (Å²) in [5.41, 5.74) is 5.64. The Kier molecular flexibility index (Phi) is 9.50. The van der Waals surface area contributed by atoms with E-state index in [0.29, 0.717) is 13.2 Å². The van der Waals surface area contributed by atoms with Crippen LogP contribution in [-0.2, 0) is 9.53 Å². The van der Waals surface area contributed by atoms with Crippen molar-refractivity contribution in [3.63, 3.8) is 0 Å². The van der Waals surface area contributed by atoms with Crippen molar-refractivity contribution in [2.75, 3.05) is 13.2 Å². The monoisotopic (exact) mass is 264 g/mol. The van der Waals surface area contributed by atoms with Crippen molar-refractivity contribution in [3.8, 4) is 0 Å². The van der Waals surface area contributed by atoms with Gasteiger partial charge in [0.1, 0.15) is 6.10 Å². The number of carbonyl (C=O) groups is 1. The van der Waals surface area contributed by atoms with Crippen LogP contribution < -0.4 is 11.1 Å². The fourth-order valence-electron chi connectivity index (χ4n) is 1.94. The largest absolute Gasteiger partial charge is 0.368 e. The summed E-state index contributed by atoms with van der Waals surface area (Å²) in [6, 6.07) is 0.109. The van der Waals surface area contributed by atoms with Crippen LogP contribution in [0.25, 0.3) is 0 Å². The molecule has 0 aromatic rings. The number of hydrogen-bond donors (Lipinski definition) is 2. The summed E-state index contributed by atoms with van der Waals surface area (Å²) < 4.78 is 5.44. The molecule has 1 aliphatic heterocycles. The summed E-state index contributed by atoms with van der Waals surface area (Å²) in [5, 5.41) is 2.98. The second-order valence-corrected chi connectivity index (χ2v) is 4.44. The third-order valence-electron chi connectivity index (χ3n) is 3.01. The molecule has 0 radical (unpaired) electrons. The van der Waals surface area contributed by atoms with Gasteiger partial charge in [0.2, 0.25) is 5.91 Å². The maximum atomic E-state index is 11.8. The molecule has 1 amide bonds. The molecule has 0 bridgehead atoms. The fraction of sp³-hybridized carbons (Fsp3) is 0.917. The van der Waals surface area contributed by atoms with Crippen LogP contribution in [0.4, 0.5) is 0 Å². The topological polar surface area (TPSA) is 64.3 Å². The number of hydrogen-bond acceptors (Lipinski definition) is 3. The molecule has 0 aromatic carbocycles. The first-order chi connectivity index (χ1) is 7.77. The fourth-order valence-corrected chi connectivity index (χ4v) is 1.94. The van der Waals surface area contributed by atoms with Crippen molar-refractivity contribution in [2.45, 2.75) is 57.6 Å². The first-order valence-electron chi connectivity index (χ1n) is 6.40. The standard InChI is InChI=1S/C12H24N2O2.ClH/c1-2-3-6-10(9-13)14-12(15)11-7-4-5-8-16-11;/h10-11H,2-9,13H2,1H3,(H,14,15);1H. The average molecular weight is 265 g/mol. The summed E-state index contributed by atoms with van der Waals surface area (Å²) in [5.74, 6) is 0.0197. The van der Waals surface area contributed by atoms with Crippen molar-refractivity contribution in [3.05, 3.63) is 0 Å². The van der Waals surface area contributed by atoms with Crippen molar-refractivity contribution >= 4 is 18.3 Å².